The molecule has 18 heavy (non-hydrogen) atoms. The molecule has 98 valence electrons. The molecule has 1 amide bonds. The summed E-state index contributed by atoms with van der Waals surface area (Å²) >= 11 is 0. The quantitative estimate of drug-likeness (QED) is 0.856. The zero-order valence-corrected chi connectivity index (χ0v) is 11.3. The molecule has 1 fully saturated rings. The SMILES string of the molecule is CC1(C)C(CNC(=O)c2c[nH]ccc2=O)C1(C)C. The molecule has 4 nitrogen and oxygen atoms in total. The number of amides is 1. The van der Waals surface area contributed by atoms with Crippen LogP contribution in [0.5, 0.6) is 0 Å². The smallest absolute Gasteiger partial charge is 0.256 e. The van der Waals surface area contributed by atoms with Crippen molar-refractivity contribution in [2.24, 2.45) is 16.7 Å². The van der Waals surface area contributed by atoms with Gasteiger partial charge in [0.25, 0.3) is 5.91 Å². The fourth-order valence-electron chi connectivity index (χ4n) is 2.73. The van der Waals surface area contributed by atoms with E-state index in [2.05, 4.69) is 38.0 Å². The number of carbonyl (C=O) groups is 1. The number of aromatic amines is 1. The topological polar surface area (TPSA) is 62.0 Å². The van der Waals surface area contributed by atoms with Crippen LogP contribution in [0.1, 0.15) is 38.1 Å². The van der Waals surface area contributed by atoms with Crippen molar-refractivity contribution in [1.29, 1.82) is 0 Å². The second-order valence-corrected chi connectivity index (χ2v) is 6.13. The molecule has 2 N–H and O–H groups in total. The summed E-state index contributed by atoms with van der Waals surface area (Å²) in [4.78, 5) is 26.1. The zero-order chi connectivity index (χ0) is 13.6. The largest absolute Gasteiger partial charge is 0.367 e. The first-order valence-electron chi connectivity index (χ1n) is 6.24. The number of hydrogen-bond acceptors (Lipinski definition) is 2. The molecule has 1 aliphatic carbocycles. The lowest BCUT2D eigenvalue weighted by Crippen LogP contribution is -2.31. The minimum atomic E-state index is -0.296. The van der Waals surface area contributed by atoms with Gasteiger partial charge in [0.05, 0.1) is 0 Å². The highest BCUT2D eigenvalue weighted by atomic mass is 16.2. The van der Waals surface area contributed by atoms with E-state index in [9.17, 15) is 9.59 Å². The summed E-state index contributed by atoms with van der Waals surface area (Å²) in [5.74, 6) is 0.159. The van der Waals surface area contributed by atoms with E-state index in [1.165, 1.54) is 18.5 Å². The van der Waals surface area contributed by atoms with Crippen LogP contribution in [0.2, 0.25) is 0 Å². The van der Waals surface area contributed by atoms with Gasteiger partial charge in [-0.2, -0.15) is 0 Å². The Hall–Kier alpha value is -1.58. The summed E-state index contributed by atoms with van der Waals surface area (Å²) in [6.07, 6.45) is 2.97. The first-order valence-corrected chi connectivity index (χ1v) is 6.24. The number of aromatic nitrogens is 1. The van der Waals surface area contributed by atoms with Gasteiger partial charge in [-0.3, -0.25) is 9.59 Å². The number of hydrogen-bond donors (Lipinski definition) is 2. The van der Waals surface area contributed by atoms with Crippen LogP contribution >= 0.6 is 0 Å². The van der Waals surface area contributed by atoms with Crippen molar-refractivity contribution in [2.45, 2.75) is 27.7 Å². The predicted molar refractivity (Wildman–Crippen MR) is 70.4 cm³/mol. The Morgan fingerprint density at radius 2 is 1.94 bits per heavy atom. The summed E-state index contributed by atoms with van der Waals surface area (Å²) < 4.78 is 0. The van der Waals surface area contributed by atoms with E-state index in [0.717, 1.165) is 0 Å². The van der Waals surface area contributed by atoms with Gasteiger partial charge in [0.1, 0.15) is 5.56 Å². The molecule has 1 aliphatic rings. The number of carbonyl (C=O) groups excluding carboxylic acids is 1. The van der Waals surface area contributed by atoms with Crippen LogP contribution in [0.25, 0.3) is 0 Å². The molecule has 0 aliphatic heterocycles. The fraction of sp³-hybridized carbons (Fsp3) is 0.571. The maximum absolute atomic E-state index is 11.9. The van der Waals surface area contributed by atoms with Crippen molar-refractivity contribution in [1.82, 2.24) is 10.3 Å². The lowest BCUT2D eigenvalue weighted by molar-refractivity contribution is 0.0948. The Labute approximate surface area is 107 Å². The van der Waals surface area contributed by atoms with Crippen LogP contribution in [0.15, 0.2) is 23.3 Å². The van der Waals surface area contributed by atoms with Gasteiger partial charge in [-0.15, -0.1) is 0 Å². The molecule has 1 heterocycles. The first-order chi connectivity index (χ1) is 8.28. The lowest BCUT2D eigenvalue weighted by Gasteiger charge is -2.05. The van der Waals surface area contributed by atoms with Gasteiger partial charge in [-0.1, -0.05) is 27.7 Å². The van der Waals surface area contributed by atoms with Crippen molar-refractivity contribution >= 4 is 5.91 Å². The van der Waals surface area contributed by atoms with Gasteiger partial charge >= 0.3 is 0 Å². The van der Waals surface area contributed by atoms with Crippen molar-refractivity contribution in [3.63, 3.8) is 0 Å². The van der Waals surface area contributed by atoms with Crippen molar-refractivity contribution < 1.29 is 4.79 Å². The number of rotatable bonds is 3. The minimum Gasteiger partial charge on any atom is -0.367 e. The van der Waals surface area contributed by atoms with E-state index in [1.54, 1.807) is 0 Å². The van der Waals surface area contributed by atoms with Crippen molar-refractivity contribution in [2.75, 3.05) is 6.54 Å². The summed E-state index contributed by atoms with van der Waals surface area (Å²) in [7, 11) is 0. The molecular formula is C14H20N2O2. The molecule has 1 saturated carbocycles. The number of H-pyrrole nitrogens is 1. The Bertz CT molecular complexity index is 515. The standard InChI is InChI=1S/C14H20N2O2/c1-13(2)11(14(13,3)4)8-16-12(18)9-7-15-6-5-10(9)17/h5-7,11H,8H2,1-4H3,(H,15,17)(H,16,18). The zero-order valence-electron chi connectivity index (χ0n) is 11.3. The molecular weight excluding hydrogens is 228 g/mol. The summed E-state index contributed by atoms with van der Waals surface area (Å²) in [5, 5.41) is 2.85. The van der Waals surface area contributed by atoms with E-state index in [4.69, 9.17) is 0 Å². The van der Waals surface area contributed by atoms with Crippen molar-refractivity contribution in [3.8, 4) is 0 Å². The Kier molecular flexibility index (Phi) is 2.84. The van der Waals surface area contributed by atoms with Gasteiger partial charge in [0.2, 0.25) is 0 Å². The van der Waals surface area contributed by atoms with E-state index in [0.29, 0.717) is 12.5 Å². The van der Waals surface area contributed by atoms with Gasteiger partial charge < -0.3 is 10.3 Å². The molecule has 0 atom stereocenters. The van der Waals surface area contributed by atoms with Crippen LogP contribution in [0, 0.1) is 16.7 Å². The highest BCUT2D eigenvalue weighted by Crippen LogP contribution is 2.67. The molecule has 0 bridgehead atoms. The summed E-state index contributed by atoms with van der Waals surface area (Å²) in [5.41, 5.74) is 0.404. The molecule has 2 rings (SSSR count). The molecule has 0 aromatic carbocycles. The van der Waals surface area contributed by atoms with Gasteiger partial charge in [0.15, 0.2) is 5.43 Å². The molecule has 1 aromatic rings. The number of pyridine rings is 1. The second-order valence-electron chi connectivity index (χ2n) is 6.13. The van der Waals surface area contributed by atoms with Gasteiger partial charge in [-0.05, 0) is 16.7 Å². The van der Waals surface area contributed by atoms with Crippen LogP contribution in [-0.2, 0) is 0 Å². The minimum absolute atomic E-state index is 0.175. The van der Waals surface area contributed by atoms with Crippen LogP contribution < -0.4 is 10.7 Å². The van der Waals surface area contributed by atoms with E-state index in [-0.39, 0.29) is 27.7 Å². The lowest BCUT2D eigenvalue weighted by atomic mass is 10.0. The third-order valence-electron chi connectivity index (χ3n) is 4.86. The monoisotopic (exact) mass is 248 g/mol. The second kappa shape index (κ2) is 3.97. The molecule has 4 heteroatoms. The highest BCUT2D eigenvalue weighted by molar-refractivity contribution is 5.93. The maximum atomic E-state index is 11.9. The van der Waals surface area contributed by atoms with Crippen LogP contribution in [-0.4, -0.2) is 17.4 Å². The van der Waals surface area contributed by atoms with E-state index in [1.807, 2.05) is 0 Å². The molecule has 1 aromatic heterocycles. The first kappa shape index (κ1) is 12.9. The fourth-order valence-corrected chi connectivity index (χ4v) is 2.73. The average molecular weight is 248 g/mol. The number of nitrogens with one attached hydrogen (secondary N) is 2. The Balaban J connectivity index is 1.99. The third-order valence-corrected chi connectivity index (χ3v) is 4.86. The normalized spacial score (nSPS) is 20.4. The van der Waals surface area contributed by atoms with Gasteiger partial charge in [0, 0.05) is 25.0 Å². The third kappa shape index (κ3) is 1.85. The maximum Gasteiger partial charge on any atom is 0.256 e. The Morgan fingerprint density at radius 1 is 1.33 bits per heavy atom. The van der Waals surface area contributed by atoms with Crippen LogP contribution in [0.4, 0.5) is 0 Å². The van der Waals surface area contributed by atoms with E-state index < -0.39 is 0 Å². The highest BCUT2D eigenvalue weighted by Gasteiger charge is 2.64. The van der Waals surface area contributed by atoms with Crippen molar-refractivity contribution in [3.05, 3.63) is 34.2 Å². The molecule has 0 spiro atoms. The van der Waals surface area contributed by atoms with E-state index >= 15 is 0 Å². The molecule has 0 unspecified atom stereocenters. The molecule has 0 saturated heterocycles. The van der Waals surface area contributed by atoms with Crippen LogP contribution in [0.3, 0.4) is 0 Å². The molecule has 0 radical (unpaired) electrons. The summed E-state index contributed by atoms with van der Waals surface area (Å²) in [6, 6.07) is 1.36. The average Bonchev–Trinajstić information content (AvgIpc) is 2.67. The predicted octanol–water partition coefficient (Wildman–Crippen LogP) is 1.79. The Morgan fingerprint density at radius 3 is 2.44 bits per heavy atom. The van der Waals surface area contributed by atoms with Gasteiger partial charge in [-0.25, -0.2) is 0 Å². The summed E-state index contributed by atoms with van der Waals surface area (Å²) in [6.45, 7) is 9.45.